The third-order valence-corrected chi connectivity index (χ3v) is 10.3. The minimum absolute atomic E-state index is 0. The Labute approximate surface area is 213 Å². The molecule has 0 aliphatic rings. The van der Waals surface area contributed by atoms with E-state index in [0.29, 0.717) is 5.92 Å². The van der Waals surface area contributed by atoms with E-state index in [-0.39, 0.29) is 51.0 Å². The van der Waals surface area contributed by atoms with Crippen LogP contribution < -0.4 is 45.6 Å². The number of hydrogen-bond acceptors (Lipinski definition) is 0. The van der Waals surface area contributed by atoms with E-state index < -0.39 is 8.07 Å². The first-order valence-corrected chi connectivity index (χ1v) is 11.7. The fourth-order valence-corrected chi connectivity index (χ4v) is 8.91. The molecule has 0 aromatic heterocycles. The SMILES string of the molecule is CC(C)c1cc([Si](c2ccccc2)(c2ccccc2)c2ccccc2)c[cH-]1.[Cl-].[Cl-].[Zr+3]. The van der Waals surface area contributed by atoms with Crippen molar-refractivity contribution in [3.63, 3.8) is 0 Å². The largest absolute Gasteiger partial charge is 3.00 e. The van der Waals surface area contributed by atoms with Crippen LogP contribution in [0, 0.1) is 0 Å². The van der Waals surface area contributed by atoms with Crippen LogP contribution in [0.4, 0.5) is 0 Å². The van der Waals surface area contributed by atoms with E-state index in [2.05, 4.69) is 123 Å². The van der Waals surface area contributed by atoms with Gasteiger partial charge in [0.2, 0.25) is 0 Å². The third-order valence-electron chi connectivity index (χ3n) is 5.50. The summed E-state index contributed by atoms with van der Waals surface area (Å²) in [5.74, 6) is 0.535. The molecule has 0 spiro atoms. The first kappa shape index (κ1) is 26.7. The summed E-state index contributed by atoms with van der Waals surface area (Å²) in [6, 6.07) is 40.4. The molecule has 0 saturated heterocycles. The fraction of sp³-hybridized carbons (Fsp3) is 0.115. The summed E-state index contributed by atoms with van der Waals surface area (Å²) in [6.07, 6.45) is 0. The molecule has 0 aliphatic carbocycles. The molecule has 0 heterocycles. The number of halogens is 2. The molecule has 0 N–H and O–H groups in total. The van der Waals surface area contributed by atoms with Gasteiger partial charge in [-0.15, -0.1) is 0 Å². The topological polar surface area (TPSA) is 0 Å². The van der Waals surface area contributed by atoms with Gasteiger partial charge in [-0.25, -0.2) is 6.07 Å². The predicted molar refractivity (Wildman–Crippen MR) is 120 cm³/mol. The van der Waals surface area contributed by atoms with Crippen LogP contribution in [-0.2, 0) is 26.2 Å². The van der Waals surface area contributed by atoms with E-state index in [9.17, 15) is 0 Å². The third kappa shape index (κ3) is 4.94. The fourth-order valence-electron chi connectivity index (χ4n) is 4.12. The molecule has 151 valence electrons. The van der Waals surface area contributed by atoms with Gasteiger partial charge in [-0.05, 0) is 5.92 Å². The van der Waals surface area contributed by atoms with Crippen molar-refractivity contribution in [3.05, 3.63) is 115 Å². The van der Waals surface area contributed by atoms with Crippen LogP contribution in [-0.4, -0.2) is 8.07 Å². The van der Waals surface area contributed by atoms with Crippen LogP contribution >= 0.6 is 0 Å². The molecule has 0 amide bonds. The molecule has 0 saturated carbocycles. The van der Waals surface area contributed by atoms with Gasteiger partial charge in [0.25, 0.3) is 0 Å². The van der Waals surface area contributed by atoms with Gasteiger partial charge >= 0.3 is 26.2 Å². The van der Waals surface area contributed by atoms with E-state index in [1.807, 2.05) is 0 Å². The van der Waals surface area contributed by atoms with Gasteiger partial charge in [-0.1, -0.05) is 120 Å². The van der Waals surface area contributed by atoms with Crippen molar-refractivity contribution in [1.82, 2.24) is 0 Å². The molecule has 1 radical (unpaired) electrons. The second-order valence-electron chi connectivity index (χ2n) is 7.44. The second-order valence-corrected chi connectivity index (χ2v) is 11.2. The summed E-state index contributed by atoms with van der Waals surface area (Å²) in [7, 11) is -2.32. The van der Waals surface area contributed by atoms with E-state index in [1.54, 1.807) is 0 Å². The molecule has 0 aliphatic heterocycles. The van der Waals surface area contributed by atoms with Gasteiger partial charge in [0.15, 0.2) is 0 Å². The van der Waals surface area contributed by atoms with Gasteiger partial charge in [0, 0.05) is 0 Å². The summed E-state index contributed by atoms with van der Waals surface area (Å²) in [4.78, 5) is 0. The maximum Gasteiger partial charge on any atom is 3.00 e. The van der Waals surface area contributed by atoms with Crippen molar-refractivity contribution in [3.8, 4) is 0 Å². The zero-order valence-corrected chi connectivity index (χ0v) is 22.2. The van der Waals surface area contributed by atoms with Gasteiger partial charge < -0.3 is 24.8 Å². The van der Waals surface area contributed by atoms with Crippen LogP contribution in [0.25, 0.3) is 0 Å². The van der Waals surface area contributed by atoms with E-state index in [1.165, 1.54) is 26.3 Å². The average molecular weight is 528 g/mol. The van der Waals surface area contributed by atoms with E-state index in [4.69, 9.17) is 0 Å². The molecule has 0 unspecified atom stereocenters. The Morgan fingerprint density at radius 1 is 0.600 bits per heavy atom. The van der Waals surface area contributed by atoms with Crippen molar-refractivity contribution in [2.75, 3.05) is 0 Å². The van der Waals surface area contributed by atoms with Crippen LogP contribution in [0.3, 0.4) is 0 Å². The molecule has 0 atom stereocenters. The minimum atomic E-state index is -2.32. The Balaban J connectivity index is 0.00000150. The molecular weight excluding hydrogens is 503 g/mol. The Morgan fingerprint density at radius 3 is 1.27 bits per heavy atom. The Bertz CT molecular complexity index is 902. The number of hydrogen-bond donors (Lipinski definition) is 0. The maximum atomic E-state index is 2.45. The van der Waals surface area contributed by atoms with Crippen molar-refractivity contribution in [2.24, 2.45) is 0 Å². The first-order valence-electron chi connectivity index (χ1n) is 9.66. The average Bonchev–Trinajstić information content (AvgIpc) is 3.22. The zero-order chi connectivity index (χ0) is 18.7. The molecule has 30 heavy (non-hydrogen) atoms. The van der Waals surface area contributed by atoms with Crippen molar-refractivity contribution < 1.29 is 51.0 Å². The van der Waals surface area contributed by atoms with Gasteiger partial charge in [0.05, 0.1) is 0 Å². The normalized spacial score (nSPS) is 10.5. The first-order chi connectivity index (χ1) is 13.2. The predicted octanol–water partition coefficient (Wildman–Crippen LogP) is -2.09. The number of rotatable bonds is 5. The Morgan fingerprint density at radius 2 is 0.967 bits per heavy atom. The minimum Gasteiger partial charge on any atom is -1.00 e. The zero-order valence-electron chi connectivity index (χ0n) is 17.2. The molecule has 4 aromatic rings. The molecule has 0 nitrogen and oxygen atoms in total. The standard InChI is InChI=1S/C26H25Si.2ClH.Zr/c1-21(2)22-18-19-26(20-22)27(23-12-6-3-7-13-23,24-14-8-4-9-15-24)25-16-10-5-11-17-25;;;/h3-21H,1-2H3;2*1H;/q-1;;;+3/p-2. The number of benzene rings is 3. The molecule has 0 fully saturated rings. The summed E-state index contributed by atoms with van der Waals surface area (Å²) in [6.45, 7) is 4.55. The van der Waals surface area contributed by atoms with E-state index >= 15 is 0 Å². The smallest absolute Gasteiger partial charge is 1.00 e. The monoisotopic (exact) mass is 525 g/mol. The summed E-state index contributed by atoms with van der Waals surface area (Å²) in [5.41, 5.74) is 1.42. The summed E-state index contributed by atoms with van der Waals surface area (Å²) < 4.78 is 0. The summed E-state index contributed by atoms with van der Waals surface area (Å²) in [5, 5.41) is 5.77. The maximum absolute atomic E-state index is 2.45. The van der Waals surface area contributed by atoms with Crippen molar-refractivity contribution in [1.29, 1.82) is 0 Å². The van der Waals surface area contributed by atoms with E-state index in [0.717, 1.165) is 0 Å². The van der Waals surface area contributed by atoms with Crippen molar-refractivity contribution in [2.45, 2.75) is 19.8 Å². The quantitative estimate of drug-likeness (QED) is 0.159. The Kier molecular flexibility index (Phi) is 10.6. The van der Waals surface area contributed by atoms with Crippen LogP contribution in [0.2, 0.25) is 0 Å². The van der Waals surface area contributed by atoms with Gasteiger partial charge in [-0.3, -0.25) is 0 Å². The van der Waals surface area contributed by atoms with Gasteiger partial charge in [-0.2, -0.15) is 22.9 Å². The molecular formula is C26H25Cl2SiZr. The molecule has 4 heteroatoms. The summed E-state index contributed by atoms with van der Waals surface area (Å²) >= 11 is 0. The Hall–Kier alpha value is -1.31. The van der Waals surface area contributed by atoms with Crippen molar-refractivity contribution >= 4 is 28.8 Å². The van der Waals surface area contributed by atoms with Crippen LogP contribution in [0.15, 0.2) is 109 Å². The van der Waals surface area contributed by atoms with Crippen LogP contribution in [0.1, 0.15) is 25.3 Å². The molecule has 0 bridgehead atoms. The molecule has 4 aromatic carbocycles. The van der Waals surface area contributed by atoms with Gasteiger partial charge in [0.1, 0.15) is 8.07 Å². The second kappa shape index (κ2) is 11.9. The molecule has 4 rings (SSSR count). The van der Waals surface area contributed by atoms with Crippen LogP contribution in [0.5, 0.6) is 0 Å².